The second kappa shape index (κ2) is 5.57. The molecule has 2 rings (SSSR count). The Morgan fingerprint density at radius 3 is 2.39 bits per heavy atom. The molecule has 0 radical (unpaired) electrons. The van der Waals surface area contributed by atoms with Crippen LogP contribution in [-0.2, 0) is 14.8 Å². The van der Waals surface area contributed by atoms with Gasteiger partial charge in [-0.15, -0.1) is 0 Å². The van der Waals surface area contributed by atoms with Crippen LogP contribution in [0.4, 0.5) is 0 Å². The molecule has 5 nitrogen and oxygen atoms in total. The van der Waals surface area contributed by atoms with Crippen LogP contribution >= 0.6 is 0 Å². The Kier molecular flexibility index (Phi) is 4.27. The molecule has 1 heterocycles. The first kappa shape index (κ1) is 13.8. The molecule has 0 spiro atoms. The summed E-state index contributed by atoms with van der Waals surface area (Å²) >= 11 is 0. The van der Waals surface area contributed by atoms with Gasteiger partial charge in [-0.3, -0.25) is 4.79 Å². The molecule has 1 saturated carbocycles. The van der Waals surface area contributed by atoms with Gasteiger partial charge in [-0.25, -0.2) is 8.42 Å². The van der Waals surface area contributed by atoms with E-state index in [4.69, 9.17) is 0 Å². The molecule has 6 heteroatoms. The third-order valence-electron chi connectivity index (χ3n) is 3.88. The van der Waals surface area contributed by atoms with E-state index in [1.807, 2.05) is 0 Å². The fraction of sp³-hybridized carbons (Fsp3) is 0.917. The maximum Gasteiger partial charge on any atom is 0.238 e. The number of carbonyl (C=O) groups excluding carboxylic acids is 1. The van der Waals surface area contributed by atoms with E-state index >= 15 is 0 Å². The van der Waals surface area contributed by atoms with E-state index in [0.29, 0.717) is 13.0 Å². The van der Waals surface area contributed by atoms with Crippen molar-refractivity contribution in [2.24, 2.45) is 0 Å². The molecule has 1 saturated heterocycles. The number of sulfonamides is 1. The minimum Gasteiger partial charge on any atom is -0.352 e. The Morgan fingerprint density at radius 1 is 1.11 bits per heavy atom. The lowest BCUT2D eigenvalue weighted by Crippen LogP contribution is -2.48. The molecule has 0 aromatic heterocycles. The van der Waals surface area contributed by atoms with Crippen LogP contribution < -0.4 is 5.32 Å². The van der Waals surface area contributed by atoms with Gasteiger partial charge in [0.1, 0.15) is 6.04 Å². The lowest BCUT2D eigenvalue weighted by Gasteiger charge is -2.27. The minimum absolute atomic E-state index is 0.107. The molecule has 0 bridgehead atoms. The highest BCUT2D eigenvalue weighted by molar-refractivity contribution is 7.88. The summed E-state index contributed by atoms with van der Waals surface area (Å²) in [7, 11) is -3.27. The van der Waals surface area contributed by atoms with Gasteiger partial charge in [0.05, 0.1) is 6.26 Å². The number of rotatable bonds is 3. The molecule has 1 aliphatic heterocycles. The van der Waals surface area contributed by atoms with Gasteiger partial charge >= 0.3 is 0 Å². The van der Waals surface area contributed by atoms with Crippen LogP contribution in [0, 0.1) is 0 Å². The highest BCUT2D eigenvalue weighted by atomic mass is 32.2. The van der Waals surface area contributed by atoms with Gasteiger partial charge in [-0.05, 0) is 25.7 Å². The highest BCUT2D eigenvalue weighted by Crippen LogP contribution is 2.22. The Hall–Kier alpha value is -0.620. The second-order valence-corrected chi connectivity index (χ2v) is 7.31. The molecule has 18 heavy (non-hydrogen) atoms. The first-order valence-electron chi connectivity index (χ1n) is 6.75. The lowest BCUT2D eigenvalue weighted by atomic mass is 9.95. The molecule has 2 aliphatic rings. The van der Waals surface area contributed by atoms with Crippen molar-refractivity contribution in [2.75, 3.05) is 12.8 Å². The Balaban J connectivity index is 1.95. The van der Waals surface area contributed by atoms with Gasteiger partial charge in [0.25, 0.3) is 0 Å². The quantitative estimate of drug-likeness (QED) is 0.830. The van der Waals surface area contributed by atoms with Gasteiger partial charge in [0.2, 0.25) is 15.9 Å². The van der Waals surface area contributed by atoms with Crippen molar-refractivity contribution in [3.05, 3.63) is 0 Å². The van der Waals surface area contributed by atoms with E-state index in [-0.39, 0.29) is 11.9 Å². The third kappa shape index (κ3) is 3.23. The van der Waals surface area contributed by atoms with Gasteiger partial charge in [0, 0.05) is 12.6 Å². The van der Waals surface area contributed by atoms with Crippen molar-refractivity contribution in [3.8, 4) is 0 Å². The van der Waals surface area contributed by atoms with E-state index in [1.165, 1.54) is 17.0 Å². The Morgan fingerprint density at radius 2 is 1.78 bits per heavy atom. The predicted molar refractivity (Wildman–Crippen MR) is 69.6 cm³/mol. The summed E-state index contributed by atoms with van der Waals surface area (Å²) in [5.74, 6) is -0.107. The van der Waals surface area contributed by atoms with Crippen molar-refractivity contribution in [2.45, 2.75) is 57.0 Å². The minimum atomic E-state index is -3.27. The molecule has 0 aromatic rings. The van der Waals surface area contributed by atoms with Crippen molar-refractivity contribution < 1.29 is 13.2 Å². The summed E-state index contributed by atoms with van der Waals surface area (Å²) < 4.78 is 24.5. The summed E-state index contributed by atoms with van der Waals surface area (Å²) in [6.45, 7) is 0.474. The normalized spacial score (nSPS) is 27.3. The van der Waals surface area contributed by atoms with E-state index in [0.717, 1.165) is 32.1 Å². The van der Waals surface area contributed by atoms with E-state index < -0.39 is 16.1 Å². The fourth-order valence-corrected chi connectivity index (χ4v) is 4.07. The molecule has 1 aliphatic carbocycles. The van der Waals surface area contributed by atoms with Crippen LogP contribution in [0.25, 0.3) is 0 Å². The average molecular weight is 274 g/mol. The van der Waals surface area contributed by atoms with Crippen molar-refractivity contribution in [1.29, 1.82) is 0 Å². The number of carbonyl (C=O) groups is 1. The molecular weight excluding hydrogens is 252 g/mol. The average Bonchev–Trinajstić information content (AvgIpc) is 2.79. The molecule has 2 fully saturated rings. The van der Waals surface area contributed by atoms with Crippen molar-refractivity contribution in [3.63, 3.8) is 0 Å². The van der Waals surface area contributed by atoms with Crippen LogP contribution in [0.5, 0.6) is 0 Å². The maximum absolute atomic E-state index is 12.2. The first-order chi connectivity index (χ1) is 8.48. The zero-order chi connectivity index (χ0) is 13.2. The van der Waals surface area contributed by atoms with Gasteiger partial charge in [0.15, 0.2) is 0 Å². The topological polar surface area (TPSA) is 66.5 Å². The molecule has 0 unspecified atom stereocenters. The van der Waals surface area contributed by atoms with Gasteiger partial charge in [-0.1, -0.05) is 19.3 Å². The van der Waals surface area contributed by atoms with Gasteiger partial charge < -0.3 is 5.32 Å². The number of nitrogens with one attached hydrogen (secondary N) is 1. The number of nitrogens with zero attached hydrogens (tertiary/aromatic N) is 1. The Bertz CT molecular complexity index is 402. The second-order valence-electron chi connectivity index (χ2n) is 5.38. The van der Waals surface area contributed by atoms with Gasteiger partial charge in [-0.2, -0.15) is 4.31 Å². The van der Waals surface area contributed by atoms with Crippen LogP contribution in [0.3, 0.4) is 0 Å². The highest BCUT2D eigenvalue weighted by Gasteiger charge is 2.37. The smallest absolute Gasteiger partial charge is 0.238 e. The molecule has 0 aromatic carbocycles. The summed E-state index contributed by atoms with van der Waals surface area (Å²) in [6, 6.07) is -0.241. The summed E-state index contributed by atoms with van der Waals surface area (Å²) in [5, 5.41) is 3.02. The number of hydrogen-bond acceptors (Lipinski definition) is 3. The number of amides is 1. The standard InChI is InChI=1S/C12H22N2O3S/c1-18(16,17)14-9-5-8-11(14)12(15)13-10-6-3-2-4-7-10/h10-11H,2-9H2,1H3,(H,13,15)/t11-/m0/s1. The zero-order valence-corrected chi connectivity index (χ0v) is 11.7. The van der Waals surface area contributed by atoms with Crippen LogP contribution in [0.1, 0.15) is 44.9 Å². The summed E-state index contributed by atoms with van der Waals surface area (Å²) in [4.78, 5) is 12.2. The summed E-state index contributed by atoms with van der Waals surface area (Å²) in [5.41, 5.74) is 0. The maximum atomic E-state index is 12.2. The molecular formula is C12H22N2O3S. The number of hydrogen-bond donors (Lipinski definition) is 1. The first-order valence-corrected chi connectivity index (χ1v) is 8.60. The summed E-state index contributed by atoms with van der Waals surface area (Å²) in [6.07, 6.45) is 8.21. The van der Waals surface area contributed by atoms with Crippen LogP contribution in [0.2, 0.25) is 0 Å². The van der Waals surface area contributed by atoms with E-state index in [9.17, 15) is 13.2 Å². The fourth-order valence-electron chi connectivity index (χ4n) is 2.94. The molecule has 1 atom stereocenters. The van der Waals surface area contributed by atoms with Crippen molar-refractivity contribution >= 4 is 15.9 Å². The van der Waals surface area contributed by atoms with E-state index in [2.05, 4.69) is 5.32 Å². The zero-order valence-electron chi connectivity index (χ0n) is 10.9. The lowest BCUT2D eigenvalue weighted by molar-refractivity contribution is -0.125. The largest absolute Gasteiger partial charge is 0.352 e. The van der Waals surface area contributed by atoms with Crippen LogP contribution in [0.15, 0.2) is 0 Å². The van der Waals surface area contributed by atoms with Crippen molar-refractivity contribution in [1.82, 2.24) is 9.62 Å². The monoisotopic (exact) mass is 274 g/mol. The van der Waals surface area contributed by atoms with Crippen LogP contribution in [-0.4, -0.2) is 43.5 Å². The van der Waals surface area contributed by atoms with E-state index in [1.54, 1.807) is 0 Å². The molecule has 1 amide bonds. The SMILES string of the molecule is CS(=O)(=O)N1CCC[C@H]1C(=O)NC1CCCCC1. The predicted octanol–water partition coefficient (Wildman–Crippen LogP) is 0.859. The Labute approximate surface area is 109 Å². The molecule has 104 valence electrons. The third-order valence-corrected chi connectivity index (χ3v) is 5.17. The molecule has 1 N–H and O–H groups in total.